The lowest BCUT2D eigenvalue weighted by Crippen LogP contribution is -2.12. The van der Waals surface area contributed by atoms with Gasteiger partial charge in [0.15, 0.2) is 5.82 Å². The van der Waals surface area contributed by atoms with Crippen LogP contribution in [0.3, 0.4) is 0 Å². The van der Waals surface area contributed by atoms with Crippen molar-refractivity contribution in [1.29, 1.82) is 0 Å². The number of carbonyl (C=O) groups is 1. The Bertz CT molecular complexity index is 837. The van der Waals surface area contributed by atoms with Crippen LogP contribution in [0.15, 0.2) is 24.3 Å². The Morgan fingerprint density at radius 1 is 1.05 bits per heavy atom. The third-order valence-corrected chi connectivity index (χ3v) is 3.29. The van der Waals surface area contributed by atoms with E-state index < -0.39 is 0 Å². The van der Waals surface area contributed by atoms with E-state index in [0.29, 0.717) is 16.9 Å². The van der Waals surface area contributed by atoms with E-state index in [1.807, 2.05) is 20.8 Å². The number of anilines is 1. The van der Waals surface area contributed by atoms with Crippen molar-refractivity contribution >= 4 is 22.8 Å². The number of nitrogens with zero attached hydrogens (tertiary/aromatic N) is 3. The normalized spacial score (nSPS) is 10.8. The number of benzene rings is 1. The van der Waals surface area contributed by atoms with Gasteiger partial charge in [0.2, 0.25) is 0 Å². The Morgan fingerprint density at radius 2 is 1.76 bits per heavy atom. The number of nitrogens with one attached hydrogen (secondary N) is 2. The zero-order valence-electron chi connectivity index (χ0n) is 12.1. The standard InChI is InChI=1S/C15H15N5O/c1-8-6-14(20-19-8)18-15(21)11-4-5-12-13(7-11)17-10(3)9(2)16-12/h4-7H,1-3H3,(H2,18,19,20,21). The molecule has 6 heteroatoms. The minimum Gasteiger partial charge on any atom is -0.305 e. The van der Waals surface area contributed by atoms with Crippen molar-refractivity contribution in [1.82, 2.24) is 20.2 Å². The maximum Gasteiger partial charge on any atom is 0.256 e. The molecule has 0 aliphatic carbocycles. The van der Waals surface area contributed by atoms with Gasteiger partial charge in [-0.1, -0.05) is 0 Å². The van der Waals surface area contributed by atoms with Crippen LogP contribution < -0.4 is 5.32 Å². The number of H-pyrrole nitrogens is 1. The lowest BCUT2D eigenvalue weighted by Gasteiger charge is -2.05. The largest absolute Gasteiger partial charge is 0.305 e. The summed E-state index contributed by atoms with van der Waals surface area (Å²) in [6.45, 7) is 5.70. The molecule has 3 aromatic rings. The molecule has 0 unspecified atom stereocenters. The zero-order valence-corrected chi connectivity index (χ0v) is 12.1. The summed E-state index contributed by atoms with van der Waals surface area (Å²) < 4.78 is 0. The van der Waals surface area contributed by atoms with Crippen LogP contribution in [0.1, 0.15) is 27.4 Å². The number of aromatic nitrogens is 4. The summed E-state index contributed by atoms with van der Waals surface area (Å²) in [6, 6.07) is 7.05. The third-order valence-electron chi connectivity index (χ3n) is 3.29. The van der Waals surface area contributed by atoms with Gasteiger partial charge in [-0.2, -0.15) is 5.10 Å². The summed E-state index contributed by atoms with van der Waals surface area (Å²) in [5.74, 6) is 0.284. The smallest absolute Gasteiger partial charge is 0.256 e. The average molecular weight is 281 g/mol. The second-order valence-corrected chi connectivity index (χ2v) is 4.99. The lowest BCUT2D eigenvalue weighted by molar-refractivity contribution is 0.102. The highest BCUT2D eigenvalue weighted by atomic mass is 16.1. The van der Waals surface area contributed by atoms with Crippen LogP contribution in [0.25, 0.3) is 11.0 Å². The molecule has 0 aliphatic rings. The Kier molecular flexibility index (Phi) is 3.13. The van der Waals surface area contributed by atoms with Crippen LogP contribution in [0.2, 0.25) is 0 Å². The minimum absolute atomic E-state index is 0.219. The van der Waals surface area contributed by atoms with E-state index in [9.17, 15) is 4.79 Å². The maximum atomic E-state index is 12.2. The number of carbonyl (C=O) groups excluding carboxylic acids is 1. The summed E-state index contributed by atoms with van der Waals surface area (Å²) in [5, 5.41) is 9.51. The molecular formula is C15H15N5O. The molecule has 2 aromatic heterocycles. The van der Waals surface area contributed by atoms with Gasteiger partial charge in [0.25, 0.3) is 5.91 Å². The molecule has 0 spiro atoms. The summed E-state index contributed by atoms with van der Waals surface area (Å²) >= 11 is 0. The summed E-state index contributed by atoms with van der Waals surface area (Å²) in [5.41, 5.74) is 4.67. The van der Waals surface area contributed by atoms with Crippen LogP contribution in [-0.2, 0) is 0 Å². The second-order valence-electron chi connectivity index (χ2n) is 4.99. The second kappa shape index (κ2) is 4.97. The van der Waals surface area contributed by atoms with Crippen LogP contribution in [-0.4, -0.2) is 26.1 Å². The van der Waals surface area contributed by atoms with E-state index in [1.54, 1.807) is 24.3 Å². The number of aromatic amines is 1. The lowest BCUT2D eigenvalue weighted by atomic mass is 10.1. The van der Waals surface area contributed by atoms with Crippen LogP contribution in [0.4, 0.5) is 5.82 Å². The molecule has 21 heavy (non-hydrogen) atoms. The van der Waals surface area contributed by atoms with E-state index in [4.69, 9.17) is 0 Å². The number of hydrogen-bond donors (Lipinski definition) is 2. The number of rotatable bonds is 2. The topological polar surface area (TPSA) is 83.6 Å². The molecule has 3 rings (SSSR count). The van der Waals surface area contributed by atoms with Crippen molar-refractivity contribution < 1.29 is 4.79 Å². The van der Waals surface area contributed by atoms with E-state index in [2.05, 4.69) is 25.5 Å². The predicted molar refractivity (Wildman–Crippen MR) is 80.3 cm³/mol. The Balaban J connectivity index is 1.93. The van der Waals surface area contributed by atoms with E-state index in [0.717, 1.165) is 22.6 Å². The van der Waals surface area contributed by atoms with Crippen molar-refractivity contribution in [3.05, 3.63) is 46.9 Å². The molecule has 0 aliphatic heterocycles. The first-order valence-electron chi connectivity index (χ1n) is 6.61. The van der Waals surface area contributed by atoms with Crippen LogP contribution in [0, 0.1) is 20.8 Å². The molecule has 0 fully saturated rings. The highest BCUT2D eigenvalue weighted by Gasteiger charge is 2.10. The van der Waals surface area contributed by atoms with Gasteiger partial charge in [0.05, 0.1) is 22.4 Å². The molecule has 2 heterocycles. The van der Waals surface area contributed by atoms with E-state index in [-0.39, 0.29) is 5.91 Å². The molecule has 2 N–H and O–H groups in total. The molecule has 1 aromatic carbocycles. The summed E-state index contributed by atoms with van der Waals surface area (Å²) in [6.07, 6.45) is 0. The fourth-order valence-electron chi connectivity index (χ4n) is 2.04. The molecule has 0 saturated carbocycles. The number of fused-ring (bicyclic) bond motifs is 1. The van der Waals surface area contributed by atoms with Crippen molar-refractivity contribution in [3.63, 3.8) is 0 Å². The molecular weight excluding hydrogens is 266 g/mol. The van der Waals surface area contributed by atoms with Gasteiger partial charge in [0.1, 0.15) is 0 Å². The van der Waals surface area contributed by atoms with Crippen molar-refractivity contribution in [2.45, 2.75) is 20.8 Å². The zero-order chi connectivity index (χ0) is 15.0. The number of hydrogen-bond acceptors (Lipinski definition) is 4. The fourth-order valence-corrected chi connectivity index (χ4v) is 2.04. The van der Waals surface area contributed by atoms with Gasteiger partial charge < -0.3 is 5.32 Å². The molecule has 6 nitrogen and oxygen atoms in total. The highest BCUT2D eigenvalue weighted by molar-refractivity contribution is 6.05. The highest BCUT2D eigenvalue weighted by Crippen LogP contribution is 2.15. The first-order valence-corrected chi connectivity index (χ1v) is 6.61. The number of aryl methyl sites for hydroxylation is 3. The van der Waals surface area contributed by atoms with Crippen molar-refractivity contribution in [2.75, 3.05) is 5.32 Å². The van der Waals surface area contributed by atoms with Gasteiger partial charge in [-0.05, 0) is 39.0 Å². The molecule has 106 valence electrons. The summed E-state index contributed by atoms with van der Waals surface area (Å²) in [4.78, 5) is 21.1. The fraction of sp³-hybridized carbons (Fsp3) is 0.200. The summed E-state index contributed by atoms with van der Waals surface area (Å²) in [7, 11) is 0. The quantitative estimate of drug-likeness (QED) is 0.756. The van der Waals surface area contributed by atoms with Gasteiger partial charge >= 0.3 is 0 Å². The molecule has 0 atom stereocenters. The average Bonchev–Trinajstić information content (AvgIpc) is 2.85. The first-order chi connectivity index (χ1) is 10.0. The van der Waals surface area contributed by atoms with Crippen molar-refractivity contribution in [2.24, 2.45) is 0 Å². The Labute approximate surface area is 121 Å². The third kappa shape index (κ3) is 2.60. The predicted octanol–water partition coefficient (Wildman–Crippen LogP) is 2.53. The van der Waals surface area contributed by atoms with Gasteiger partial charge in [0, 0.05) is 17.3 Å². The maximum absolute atomic E-state index is 12.2. The molecule has 0 radical (unpaired) electrons. The van der Waals surface area contributed by atoms with E-state index in [1.165, 1.54) is 0 Å². The van der Waals surface area contributed by atoms with Gasteiger partial charge in [-0.3, -0.25) is 9.89 Å². The van der Waals surface area contributed by atoms with Crippen LogP contribution >= 0.6 is 0 Å². The Morgan fingerprint density at radius 3 is 2.43 bits per heavy atom. The monoisotopic (exact) mass is 281 g/mol. The van der Waals surface area contributed by atoms with Gasteiger partial charge in [-0.15, -0.1) is 0 Å². The first kappa shape index (κ1) is 13.2. The van der Waals surface area contributed by atoms with Crippen LogP contribution in [0.5, 0.6) is 0 Å². The van der Waals surface area contributed by atoms with Gasteiger partial charge in [-0.25, -0.2) is 9.97 Å². The molecule has 1 amide bonds. The van der Waals surface area contributed by atoms with Crippen molar-refractivity contribution in [3.8, 4) is 0 Å². The minimum atomic E-state index is -0.219. The molecule has 0 saturated heterocycles. The molecule has 0 bridgehead atoms. The van der Waals surface area contributed by atoms with E-state index >= 15 is 0 Å². The Hall–Kier alpha value is -2.76. The SMILES string of the molecule is Cc1cc(NC(=O)c2ccc3nc(C)c(C)nc3c2)n[nH]1. The number of amides is 1.